The van der Waals surface area contributed by atoms with Gasteiger partial charge in [-0.2, -0.15) is 0 Å². The SMILES string of the molecule is CCCNC(=O)C1(F)CCNC1. The molecule has 0 radical (unpaired) electrons. The van der Waals surface area contributed by atoms with Crippen molar-refractivity contribution in [2.24, 2.45) is 0 Å². The van der Waals surface area contributed by atoms with Gasteiger partial charge in [0.1, 0.15) is 0 Å². The molecule has 70 valence electrons. The van der Waals surface area contributed by atoms with Gasteiger partial charge in [-0.05, 0) is 13.0 Å². The lowest BCUT2D eigenvalue weighted by Gasteiger charge is -2.16. The number of amides is 1. The van der Waals surface area contributed by atoms with Gasteiger partial charge in [0.15, 0.2) is 0 Å². The number of rotatable bonds is 3. The highest BCUT2D eigenvalue weighted by Crippen LogP contribution is 2.19. The van der Waals surface area contributed by atoms with Crippen molar-refractivity contribution in [3.8, 4) is 0 Å². The van der Waals surface area contributed by atoms with Crippen molar-refractivity contribution in [2.45, 2.75) is 25.4 Å². The first-order chi connectivity index (χ1) is 5.69. The number of hydrogen-bond donors (Lipinski definition) is 2. The summed E-state index contributed by atoms with van der Waals surface area (Å²) in [5.74, 6) is -0.464. The van der Waals surface area contributed by atoms with E-state index in [1.165, 1.54) is 0 Å². The summed E-state index contributed by atoms with van der Waals surface area (Å²) in [4.78, 5) is 11.2. The van der Waals surface area contributed by atoms with Gasteiger partial charge in [0.2, 0.25) is 5.67 Å². The summed E-state index contributed by atoms with van der Waals surface area (Å²) in [5, 5.41) is 5.40. The Hall–Kier alpha value is -0.640. The molecule has 1 saturated heterocycles. The molecule has 1 rings (SSSR count). The zero-order valence-electron chi connectivity index (χ0n) is 7.32. The van der Waals surface area contributed by atoms with Gasteiger partial charge in [0.25, 0.3) is 5.91 Å². The van der Waals surface area contributed by atoms with E-state index in [9.17, 15) is 9.18 Å². The zero-order chi connectivity index (χ0) is 9.03. The second kappa shape index (κ2) is 3.85. The Morgan fingerprint density at radius 3 is 3.00 bits per heavy atom. The van der Waals surface area contributed by atoms with Gasteiger partial charge in [-0.25, -0.2) is 4.39 Å². The molecule has 2 N–H and O–H groups in total. The lowest BCUT2D eigenvalue weighted by molar-refractivity contribution is -0.131. The van der Waals surface area contributed by atoms with Gasteiger partial charge in [0.05, 0.1) is 0 Å². The van der Waals surface area contributed by atoms with Gasteiger partial charge in [-0.15, -0.1) is 0 Å². The summed E-state index contributed by atoms with van der Waals surface area (Å²) < 4.78 is 13.6. The van der Waals surface area contributed by atoms with E-state index in [2.05, 4.69) is 10.6 Å². The van der Waals surface area contributed by atoms with Crippen molar-refractivity contribution in [1.82, 2.24) is 10.6 Å². The van der Waals surface area contributed by atoms with Crippen LogP contribution in [-0.2, 0) is 4.79 Å². The lowest BCUT2D eigenvalue weighted by Crippen LogP contribution is -2.45. The summed E-state index contributed by atoms with van der Waals surface area (Å²) in [5.41, 5.74) is -1.66. The average molecular weight is 174 g/mol. The molecule has 0 aromatic carbocycles. The minimum absolute atomic E-state index is 0.155. The standard InChI is InChI=1S/C8H15FN2O/c1-2-4-11-7(12)8(9)3-5-10-6-8/h10H,2-6H2,1H3,(H,11,12). The third-order valence-electron chi connectivity index (χ3n) is 2.05. The fourth-order valence-electron chi connectivity index (χ4n) is 1.25. The van der Waals surface area contributed by atoms with Crippen LogP contribution in [0.2, 0.25) is 0 Å². The molecule has 1 aliphatic rings. The van der Waals surface area contributed by atoms with E-state index in [1.807, 2.05) is 6.92 Å². The van der Waals surface area contributed by atoms with Crippen molar-refractivity contribution < 1.29 is 9.18 Å². The number of carbonyl (C=O) groups excluding carboxylic acids is 1. The molecule has 1 amide bonds. The van der Waals surface area contributed by atoms with Gasteiger partial charge >= 0.3 is 0 Å². The van der Waals surface area contributed by atoms with Crippen LogP contribution in [0.3, 0.4) is 0 Å². The van der Waals surface area contributed by atoms with E-state index in [4.69, 9.17) is 0 Å². The van der Waals surface area contributed by atoms with Crippen molar-refractivity contribution in [3.63, 3.8) is 0 Å². The Bertz CT molecular complexity index is 166. The summed E-state index contributed by atoms with van der Waals surface area (Å²) in [7, 11) is 0. The predicted octanol–water partition coefficient (Wildman–Crippen LogP) is 0.214. The molecule has 1 unspecified atom stereocenters. The molecule has 0 aliphatic carbocycles. The molecular weight excluding hydrogens is 159 g/mol. The van der Waals surface area contributed by atoms with Crippen molar-refractivity contribution >= 4 is 5.91 Å². The summed E-state index contributed by atoms with van der Waals surface area (Å²) in [6.07, 6.45) is 1.14. The maximum absolute atomic E-state index is 13.6. The van der Waals surface area contributed by atoms with Crippen LogP contribution in [0.5, 0.6) is 0 Å². The predicted molar refractivity (Wildman–Crippen MR) is 44.6 cm³/mol. The largest absolute Gasteiger partial charge is 0.353 e. The summed E-state index contributed by atoms with van der Waals surface area (Å²) >= 11 is 0. The number of hydrogen-bond acceptors (Lipinski definition) is 2. The molecule has 1 atom stereocenters. The fourth-order valence-corrected chi connectivity index (χ4v) is 1.25. The lowest BCUT2D eigenvalue weighted by atomic mass is 10.1. The van der Waals surface area contributed by atoms with Crippen LogP contribution >= 0.6 is 0 Å². The monoisotopic (exact) mass is 174 g/mol. The Morgan fingerprint density at radius 1 is 1.75 bits per heavy atom. The molecule has 0 spiro atoms. The van der Waals surface area contributed by atoms with Crippen LogP contribution in [0.15, 0.2) is 0 Å². The summed E-state index contributed by atoms with van der Waals surface area (Å²) in [6.45, 7) is 3.25. The number of nitrogens with one attached hydrogen (secondary N) is 2. The minimum atomic E-state index is -1.66. The van der Waals surface area contributed by atoms with E-state index >= 15 is 0 Å². The van der Waals surface area contributed by atoms with Crippen LogP contribution in [-0.4, -0.2) is 31.2 Å². The van der Waals surface area contributed by atoms with Crippen molar-refractivity contribution in [3.05, 3.63) is 0 Å². The van der Waals surface area contributed by atoms with Crippen LogP contribution in [0.4, 0.5) is 4.39 Å². The zero-order valence-corrected chi connectivity index (χ0v) is 7.32. The highest BCUT2D eigenvalue weighted by atomic mass is 19.1. The smallest absolute Gasteiger partial charge is 0.259 e. The molecule has 3 nitrogen and oxygen atoms in total. The van der Waals surface area contributed by atoms with Crippen molar-refractivity contribution in [1.29, 1.82) is 0 Å². The Morgan fingerprint density at radius 2 is 2.50 bits per heavy atom. The van der Waals surface area contributed by atoms with Gasteiger partial charge in [0, 0.05) is 19.5 Å². The minimum Gasteiger partial charge on any atom is -0.353 e. The van der Waals surface area contributed by atoms with E-state index in [0.717, 1.165) is 6.42 Å². The number of carbonyl (C=O) groups is 1. The first-order valence-electron chi connectivity index (χ1n) is 4.37. The maximum Gasteiger partial charge on any atom is 0.259 e. The van der Waals surface area contributed by atoms with Crippen LogP contribution in [0.1, 0.15) is 19.8 Å². The van der Waals surface area contributed by atoms with E-state index in [0.29, 0.717) is 19.5 Å². The average Bonchev–Trinajstić information content (AvgIpc) is 2.49. The first-order valence-corrected chi connectivity index (χ1v) is 4.37. The molecule has 0 saturated carbocycles. The van der Waals surface area contributed by atoms with E-state index < -0.39 is 11.6 Å². The van der Waals surface area contributed by atoms with Gasteiger partial charge < -0.3 is 10.6 Å². The number of alkyl halides is 1. The van der Waals surface area contributed by atoms with Crippen LogP contribution in [0.25, 0.3) is 0 Å². The number of halogens is 1. The molecule has 0 bridgehead atoms. The third-order valence-corrected chi connectivity index (χ3v) is 2.05. The quantitative estimate of drug-likeness (QED) is 0.642. The topological polar surface area (TPSA) is 41.1 Å². The molecule has 12 heavy (non-hydrogen) atoms. The van der Waals surface area contributed by atoms with Gasteiger partial charge in [-0.3, -0.25) is 4.79 Å². The second-order valence-electron chi connectivity index (χ2n) is 3.15. The van der Waals surface area contributed by atoms with Gasteiger partial charge in [-0.1, -0.05) is 6.92 Å². The normalized spacial score (nSPS) is 28.8. The first kappa shape index (κ1) is 9.45. The molecule has 1 aliphatic heterocycles. The second-order valence-corrected chi connectivity index (χ2v) is 3.15. The van der Waals surface area contributed by atoms with E-state index in [1.54, 1.807) is 0 Å². The molecule has 4 heteroatoms. The van der Waals surface area contributed by atoms with Crippen LogP contribution in [0, 0.1) is 0 Å². The third kappa shape index (κ3) is 1.94. The molecule has 1 heterocycles. The Kier molecular flexibility index (Phi) is 3.03. The molecule has 1 fully saturated rings. The molecular formula is C8H15FN2O. The maximum atomic E-state index is 13.6. The van der Waals surface area contributed by atoms with Crippen LogP contribution < -0.4 is 10.6 Å². The van der Waals surface area contributed by atoms with E-state index in [-0.39, 0.29) is 6.54 Å². The van der Waals surface area contributed by atoms with Crippen molar-refractivity contribution in [2.75, 3.05) is 19.6 Å². The highest BCUT2D eigenvalue weighted by molar-refractivity contribution is 5.85. The summed E-state index contributed by atoms with van der Waals surface area (Å²) in [6, 6.07) is 0. The Labute approximate surface area is 71.7 Å². The molecule has 0 aromatic rings. The highest BCUT2D eigenvalue weighted by Gasteiger charge is 2.40. The fraction of sp³-hybridized carbons (Fsp3) is 0.875. The Balaban J connectivity index is 2.39. The molecule has 0 aromatic heterocycles.